The molecule has 1 fully saturated rings. The van der Waals surface area contributed by atoms with Crippen LogP contribution in [0.2, 0.25) is 0 Å². The summed E-state index contributed by atoms with van der Waals surface area (Å²) < 4.78 is 4.82. The molecule has 6 nitrogen and oxygen atoms in total. The van der Waals surface area contributed by atoms with E-state index in [1.807, 2.05) is 35.3 Å². The summed E-state index contributed by atoms with van der Waals surface area (Å²) in [5.41, 5.74) is 1.87. The number of nitrogens with zero attached hydrogens (tertiary/aromatic N) is 6. The van der Waals surface area contributed by atoms with Gasteiger partial charge in [0.2, 0.25) is 0 Å². The molecule has 0 aliphatic heterocycles. The van der Waals surface area contributed by atoms with Crippen LogP contribution >= 0.6 is 12.2 Å². The summed E-state index contributed by atoms with van der Waals surface area (Å²) in [6.07, 6.45) is 4.27. The van der Waals surface area contributed by atoms with Gasteiger partial charge in [-0.05, 0) is 56.9 Å². The van der Waals surface area contributed by atoms with Crippen LogP contribution < -0.4 is 0 Å². The molecular weight excluding hydrogens is 332 g/mol. The minimum atomic E-state index is 0.551. The van der Waals surface area contributed by atoms with E-state index in [4.69, 9.17) is 17.5 Å². The maximum atomic E-state index is 8.94. The Morgan fingerprint density at radius 3 is 2.56 bits per heavy atom. The molecule has 0 atom stereocenters. The lowest BCUT2D eigenvalue weighted by molar-refractivity contribution is 0.178. The average molecular weight is 356 g/mol. The van der Waals surface area contributed by atoms with E-state index in [1.165, 1.54) is 18.4 Å². The van der Waals surface area contributed by atoms with E-state index in [9.17, 15) is 0 Å². The van der Waals surface area contributed by atoms with Crippen molar-refractivity contribution in [3.05, 3.63) is 46.5 Å². The van der Waals surface area contributed by atoms with Gasteiger partial charge >= 0.3 is 0 Å². The number of rotatable bonds is 8. The van der Waals surface area contributed by atoms with E-state index in [0.29, 0.717) is 18.3 Å². The van der Waals surface area contributed by atoms with Crippen molar-refractivity contribution in [1.29, 1.82) is 5.26 Å². The highest BCUT2D eigenvalue weighted by atomic mass is 32.1. The molecule has 0 unspecified atom stereocenters. The first kappa shape index (κ1) is 17.8. The zero-order chi connectivity index (χ0) is 17.8. The Bertz CT molecular complexity index is 794. The summed E-state index contributed by atoms with van der Waals surface area (Å²) >= 11 is 5.58. The van der Waals surface area contributed by atoms with Gasteiger partial charge in [-0.3, -0.25) is 4.90 Å². The van der Waals surface area contributed by atoms with Gasteiger partial charge in [-0.15, -0.1) is 0 Å². The van der Waals surface area contributed by atoms with Crippen LogP contribution in [0.1, 0.15) is 30.0 Å². The van der Waals surface area contributed by atoms with Crippen LogP contribution in [0.4, 0.5) is 0 Å². The third-order valence-corrected chi connectivity index (χ3v) is 4.81. The van der Waals surface area contributed by atoms with Crippen molar-refractivity contribution in [2.24, 2.45) is 0 Å². The van der Waals surface area contributed by atoms with Gasteiger partial charge in [0.25, 0.3) is 0 Å². The highest BCUT2D eigenvalue weighted by Crippen LogP contribution is 2.34. The quantitative estimate of drug-likeness (QED) is 0.681. The van der Waals surface area contributed by atoms with Crippen molar-refractivity contribution < 1.29 is 0 Å². The Labute approximate surface area is 153 Å². The van der Waals surface area contributed by atoms with Crippen molar-refractivity contribution in [1.82, 2.24) is 24.1 Å². The predicted molar refractivity (Wildman–Crippen MR) is 99.4 cm³/mol. The normalized spacial score (nSPS) is 14.2. The molecule has 1 aromatic heterocycles. The van der Waals surface area contributed by atoms with Crippen molar-refractivity contribution in [2.75, 3.05) is 27.2 Å². The molecule has 0 amide bonds. The number of benzene rings is 1. The summed E-state index contributed by atoms with van der Waals surface area (Å²) in [7, 11) is 4.15. The van der Waals surface area contributed by atoms with E-state index in [1.54, 1.807) is 0 Å². The van der Waals surface area contributed by atoms with Crippen molar-refractivity contribution in [3.8, 4) is 6.07 Å². The van der Waals surface area contributed by atoms with Crippen LogP contribution in [0.15, 0.2) is 30.6 Å². The lowest BCUT2D eigenvalue weighted by Gasteiger charge is -2.24. The van der Waals surface area contributed by atoms with E-state index in [2.05, 4.69) is 39.6 Å². The molecule has 132 valence electrons. The van der Waals surface area contributed by atoms with Gasteiger partial charge in [-0.2, -0.15) is 10.4 Å². The molecule has 1 saturated carbocycles. The third kappa shape index (κ3) is 4.75. The molecule has 25 heavy (non-hydrogen) atoms. The highest BCUT2D eigenvalue weighted by molar-refractivity contribution is 7.71. The number of nitriles is 1. The molecule has 3 rings (SSSR count). The van der Waals surface area contributed by atoms with Gasteiger partial charge in [0.15, 0.2) is 4.77 Å². The molecule has 1 heterocycles. The molecule has 2 aromatic rings. The van der Waals surface area contributed by atoms with Crippen LogP contribution in [0.5, 0.6) is 0 Å². The second-order valence-corrected chi connectivity index (χ2v) is 7.22. The monoisotopic (exact) mass is 356 g/mol. The average Bonchev–Trinajstić information content (AvgIpc) is 3.38. The zero-order valence-electron chi connectivity index (χ0n) is 14.8. The summed E-state index contributed by atoms with van der Waals surface area (Å²) in [4.78, 5) is 4.51. The molecule has 1 aliphatic rings. The van der Waals surface area contributed by atoms with Gasteiger partial charge in [-0.25, -0.2) is 4.68 Å². The number of likely N-dealkylation sites (N-methyl/N-ethyl adjacent to an activating group) is 1. The van der Waals surface area contributed by atoms with Crippen molar-refractivity contribution in [3.63, 3.8) is 0 Å². The predicted octanol–water partition coefficient (Wildman–Crippen LogP) is 2.64. The van der Waals surface area contributed by atoms with Crippen LogP contribution in [0, 0.1) is 16.1 Å². The van der Waals surface area contributed by atoms with E-state index in [0.717, 1.165) is 24.4 Å². The van der Waals surface area contributed by atoms with E-state index in [-0.39, 0.29) is 0 Å². The molecule has 1 aliphatic carbocycles. The second kappa shape index (κ2) is 7.91. The fraction of sp³-hybridized carbons (Fsp3) is 0.500. The molecule has 0 saturated heterocycles. The maximum Gasteiger partial charge on any atom is 0.199 e. The van der Waals surface area contributed by atoms with Crippen LogP contribution in [0.3, 0.4) is 0 Å². The van der Waals surface area contributed by atoms with Crippen molar-refractivity contribution in [2.45, 2.75) is 32.1 Å². The number of hydrogen-bond acceptors (Lipinski definition) is 5. The first-order chi connectivity index (χ1) is 12.1. The summed E-state index contributed by atoms with van der Waals surface area (Å²) in [5.74, 6) is 0. The Morgan fingerprint density at radius 2 is 1.96 bits per heavy atom. The van der Waals surface area contributed by atoms with E-state index < -0.39 is 0 Å². The van der Waals surface area contributed by atoms with Crippen LogP contribution in [0.25, 0.3) is 0 Å². The Morgan fingerprint density at radius 1 is 1.24 bits per heavy atom. The van der Waals surface area contributed by atoms with Crippen LogP contribution in [-0.4, -0.2) is 51.3 Å². The Kier molecular flexibility index (Phi) is 5.63. The largest absolute Gasteiger partial charge is 0.308 e. The fourth-order valence-corrected chi connectivity index (χ4v) is 3.02. The lowest BCUT2D eigenvalue weighted by atomic mass is 10.1. The number of hydrogen-bond donors (Lipinski definition) is 0. The molecule has 1 aromatic carbocycles. The van der Waals surface area contributed by atoms with Crippen molar-refractivity contribution >= 4 is 12.2 Å². The minimum absolute atomic E-state index is 0.551. The van der Waals surface area contributed by atoms with Gasteiger partial charge in [0, 0.05) is 25.7 Å². The molecule has 0 radical (unpaired) electrons. The first-order valence-electron chi connectivity index (χ1n) is 8.57. The molecule has 0 bridgehead atoms. The minimum Gasteiger partial charge on any atom is -0.308 e. The van der Waals surface area contributed by atoms with Crippen LogP contribution in [-0.2, 0) is 13.2 Å². The molecule has 7 heteroatoms. The fourth-order valence-electron chi connectivity index (χ4n) is 2.72. The number of aromatic nitrogens is 3. The zero-order valence-corrected chi connectivity index (χ0v) is 15.6. The van der Waals surface area contributed by atoms with Gasteiger partial charge in [-0.1, -0.05) is 12.1 Å². The molecule has 0 N–H and O–H groups in total. The topological polar surface area (TPSA) is 53.0 Å². The standard InChI is InChI=1S/C18H24N6S/c1-21(2)9-10-22(12-16-5-3-15(11-19)4-6-16)14-24-18(25)23(13-20-24)17-7-8-17/h3-6,13,17H,7-10,12,14H2,1-2H3. The SMILES string of the molecule is CN(C)CCN(Cc1ccc(C#N)cc1)Cn1ncn(C2CC2)c1=S. The highest BCUT2D eigenvalue weighted by Gasteiger charge is 2.25. The van der Waals surface area contributed by atoms with E-state index >= 15 is 0 Å². The Balaban J connectivity index is 1.72. The van der Waals surface area contributed by atoms with Gasteiger partial charge < -0.3 is 9.47 Å². The third-order valence-electron chi connectivity index (χ3n) is 4.38. The molecular formula is C18H24N6S. The summed E-state index contributed by atoms with van der Waals surface area (Å²) in [6.45, 7) is 3.36. The smallest absolute Gasteiger partial charge is 0.199 e. The summed E-state index contributed by atoms with van der Waals surface area (Å²) in [5, 5.41) is 13.4. The molecule has 0 spiro atoms. The van der Waals surface area contributed by atoms with Gasteiger partial charge in [0.1, 0.15) is 6.33 Å². The van der Waals surface area contributed by atoms with Gasteiger partial charge in [0.05, 0.1) is 18.3 Å². The summed E-state index contributed by atoms with van der Waals surface area (Å²) in [6, 6.07) is 10.5. The Hall–Kier alpha value is -2.01. The first-order valence-corrected chi connectivity index (χ1v) is 8.97. The lowest BCUT2D eigenvalue weighted by Crippen LogP contribution is -2.33. The second-order valence-electron chi connectivity index (χ2n) is 6.86. The maximum absolute atomic E-state index is 8.94.